The average molecular weight is 290 g/mol. The van der Waals surface area contributed by atoms with Crippen LogP contribution < -0.4 is 0 Å². The van der Waals surface area contributed by atoms with Gasteiger partial charge in [-0.15, -0.1) is 11.8 Å². The molecule has 2 rings (SSSR count). The van der Waals surface area contributed by atoms with Gasteiger partial charge in [-0.25, -0.2) is 0 Å². The summed E-state index contributed by atoms with van der Waals surface area (Å²) in [5.41, 5.74) is 0.973. The van der Waals surface area contributed by atoms with Crippen molar-refractivity contribution < 1.29 is 4.79 Å². The van der Waals surface area contributed by atoms with E-state index in [9.17, 15) is 4.79 Å². The second-order valence-electron chi connectivity index (χ2n) is 3.83. The molecule has 1 aliphatic rings. The van der Waals surface area contributed by atoms with Crippen molar-refractivity contribution in [3.63, 3.8) is 0 Å². The molecule has 1 aliphatic heterocycles. The number of hydrogen-bond acceptors (Lipinski definition) is 2. The van der Waals surface area contributed by atoms with Gasteiger partial charge in [0, 0.05) is 34.3 Å². The molecule has 0 aromatic heterocycles. The van der Waals surface area contributed by atoms with E-state index in [4.69, 9.17) is 23.2 Å². The Morgan fingerprint density at radius 2 is 2.29 bits per heavy atom. The molecule has 2 nitrogen and oxygen atoms in total. The van der Waals surface area contributed by atoms with Crippen molar-refractivity contribution in [1.29, 1.82) is 0 Å². The smallest absolute Gasteiger partial charge is 0.223 e. The Labute approximate surface area is 115 Å². The Morgan fingerprint density at radius 1 is 1.53 bits per heavy atom. The van der Waals surface area contributed by atoms with Crippen LogP contribution >= 0.6 is 35.0 Å². The van der Waals surface area contributed by atoms with Crippen molar-refractivity contribution >= 4 is 40.9 Å². The van der Waals surface area contributed by atoms with Crippen LogP contribution in [0.1, 0.15) is 24.3 Å². The van der Waals surface area contributed by atoms with Gasteiger partial charge < -0.3 is 4.90 Å². The quantitative estimate of drug-likeness (QED) is 0.821. The van der Waals surface area contributed by atoms with Crippen LogP contribution in [0.25, 0.3) is 0 Å². The van der Waals surface area contributed by atoms with Gasteiger partial charge in [-0.2, -0.15) is 0 Å². The standard InChI is InChI=1S/C12H13Cl2NOS/c1-2-11(16)15-5-6-17-12(15)9-4-3-8(13)7-10(9)14/h3-4,7,12H,2,5-6H2,1H3. The zero-order valence-electron chi connectivity index (χ0n) is 9.45. The van der Waals surface area contributed by atoms with Crippen LogP contribution in [-0.4, -0.2) is 23.1 Å². The maximum atomic E-state index is 11.8. The first-order valence-electron chi connectivity index (χ1n) is 5.49. The summed E-state index contributed by atoms with van der Waals surface area (Å²) >= 11 is 13.8. The number of halogens is 2. The van der Waals surface area contributed by atoms with Crippen molar-refractivity contribution in [1.82, 2.24) is 4.90 Å². The SMILES string of the molecule is CCC(=O)N1CCSC1c1ccc(Cl)cc1Cl. The van der Waals surface area contributed by atoms with Crippen LogP contribution in [0.15, 0.2) is 18.2 Å². The minimum absolute atomic E-state index is 0.0345. The zero-order chi connectivity index (χ0) is 12.4. The maximum Gasteiger partial charge on any atom is 0.223 e. The minimum atomic E-state index is 0.0345. The van der Waals surface area contributed by atoms with Crippen molar-refractivity contribution in [3.05, 3.63) is 33.8 Å². The summed E-state index contributed by atoms with van der Waals surface area (Å²) in [7, 11) is 0. The molecule has 0 aliphatic carbocycles. The molecule has 1 aromatic carbocycles. The van der Waals surface area contributed by atoms with Crippen molar-refractivity contribution in [2.24, 2.45) is 0 Å². The Kier molecular flexibility index (Phi) is 4.23. The molecule has 1 saturated heterocycles. The minimum Gasteiger partial charge on any atom is -0.326 e. The van der Waals surface area contributed by atoms with Gasteiger partial charge in [0.15, 0.2) is 0 Å². The number of amides is 1. The fourth-order valence-electron chi connectivity index (χ4n) is 1.89. The fourth-order valence-corrected chi connectivity index (χ4v) is 3.78. The molecule has 1 atom stereocenters. The monoisotopic (exact) mass is 289 g/mol. The van der Waals surface area contributed by atoms with Crippen molar-refractivity contribution in [2.45, 2.75) is 18.7 Å². The van der Waals surface area contributed by atoms with E-state index in [0.717, 1.165) is 17.9 Å². The number of carbonyl (C=O) groups excluding carboxylic acids is 1. The van der Waals surface area contributed by atoms with E-state index in [2.05, 4.69) is 0 Å². The number of thioether (sulfide) groups is 1. The molecule has 17 heavy (non-hydrogen) atoms. The number of rotatable bonds is 2. The first-order valence-corrected chi connectivity index (χ1v) is 7.30. The molecular formula is C12H13Cl2NOS. The topological polar surface area (TPSA) is 20.3 Å². The van der Waals surface area contributed by atoms with Gasteiger partial charge in [0.1, 0.15) is 5.37 Å². The summed E-state index contributed by atoms with van der Waals surface area (Å²) in [6.07, 6.45) is 0.530. The fraction of sp³-hybridized carbons (Fsp3) is 0.417. The highest BCUT2D eigenvalue weighted by atomic mass is 35.5. The van der Waals surface area contributed by atoms with Crippen LogP contribution in [-0.2, 0) is 4.79 Å². The normalized spacial score (nSPS) is 19.7. The van der Waals surface area contributed by atoms with E-state index >= 15 is 0 Å². The van der Waals surface area contributed by atoms with Gasteiger partial charge in [-0.1, -0.05) is 36.2 Å². The predicted octanol–water partition coefficient (Wildman–Crippen LogP) is 3.98. The Bertz CT molecular complexity index is 439. The van der Waals surface area contributed by atoms with E-state index < -0.39 is 0 Å². The second kappa shape index (κ2) is 5.51. The summed E-state index contributed by atoms with van der Waals surface area (Å²) in [6, 6.07) is 5.45. The molecule has 1 aromatic rings. The number of hydrogen-bond donors (Lipinski definition) is 0. The van der Waals surface area contributed by atoms with E-state index in [1.165, 1.54) is 0 Å². The highest BCUT2D eigenvalue weighted by Gasteiger charge is 2.30. The molecule has 0 N–H and O–H groups in total. The van der Waals surface area contributed by atoms with E-state index in [-0.39, 0.29) is 11.3 Å². The molecule has 1 unspecified atom stereocenters. The van der Waals surface area contributed by atoms with Crippen LogP contribution in [0.5, 0.6) is 0 Å². The number of carbonyl (C=O) groups is 1. The van der Waals surface area contributed by atoms with Crippen LogP contribution in [0.4, 0.5) is 0 Å². The first kappa shape index (κ1) is 13.1. The molecule has 0 saturated carbocycles. The van der Waals surface area contributed by atoms with Gasteiger partial charge in [0.05, 0.1) is 0 Å². The Balaban J connectivity index is 2.29. The van der Waals surface area contributed by atoms with Crippen molar-refractivity contribution in [3.8, 4) is 0 Å². The highest BCUT2D eigenvalue weighted by Crippen LogP contribution is 2.41. The molecule has 0 radical (unpaired) electrons. The molecule has 0 spiro atoms. The predicted molar refractivity (Wildman–Crippen MR) is 73.7 cm³/mol. The third-order valence-electron chi connectivity index (χ3n) is 2.74. The number of benzene rings is 1. The summed E-state index contributed by atoms with van der Waals surface area (Å²) in [5, 5.41) is 1.29. The second-order valence-corrected chi connectivity index (χ2v) is 5.86. The van der Waals surface area contributed by atoms with Gasteiger partial charge >= 0.3 is 0 Å². The summed E-state index contributed by atoms with van der Waals surface area (Å²) in [6.45, 7) is 2.67. The van der Waals surface area contributed by atoms with Gasteiger partial charge in [-0.05, 0) is 12.1 Å². The summed E-state index contributed by atoms with van der Waals surface area (Å²) in [4.78, 5) is 13.7. The van der Waals surface area contributed by atoms with Crippen LogP contribution in [0, 0.1) is 0 Å². The molecule has 1 fully saturated rings. The largest absolute Gasteiger partial charge is 0.326 e. The highest BCUT2D eigenvalue weighted by molar-refractivity contribution is 7.99. The Hall–Kier alpha value is -0.380. The van der Waals surface area contributed by atoms with E-state index in [1.807, 2.05) is 24.0 Å². The molecule has 5 heteroatoms. The number of nitrogens with zero attached hydrogens (tertiary/aromatic N) is 1. The van der Waals surface area contributed by atoms with Crippen LogP contribution in [0.3, 0.4) is 0 Å². The zero-order valence-corrected chi connectivity index (χ0v) is 11.8. The lowest BCUT2D eigenvalue weighted by Crippen LogP contribution is -2.29. The third-order valence-corrected chi connectivity index (χ3v) is 4.55. The summed E-state index contributed by atoms with van der Waals surface area (Å²) in [5.74, 6) is 1.13. The molecule has 92 valence electrons. The lowest BCUT2D eigenvalue weighted by atomic mass is 10.2. The van der Waals surface area contributed by atoms with Crippen LogP contribution in [0.2, 0.25) is 10.0 Å². The van der Waals surface area contributed by atoms with E-state index in [1.54, 1.807) is 17.8 Å². The molecule has 0 bridgehead atoms. The third kappa shape index (κ3) is 2.72. The van der Waals surface area contributed by atoms with E-state index in [0.29, 0.717) is 16.5 Å². The average Bonchev–Trinajstić information content (AvgIpc) is 2.77. The van der Waals surface area contributed by atoms with Crippen molar-refractivity contribution in [2.75, 3.05) is 12.3 Å². The molecule has 1 amide bonds. The van der Waals surface area contributed by atoms with Gasteiger partial charge in [0.2, 0.25) is 5.91 Å². The Morgan fingerprint density at radius 3 is 2.94 bits per heavy atom. The maximum absolute atomic E-state index is 11.8. The van der Waals surface area contributed by atoms with Gasteiger partial charge in [0.25, 0.3) is 0 Å². The molecule has 1 heterocycles. The molecular weight excluding hydrogens is 277 g/mol. The van der Waals surface area contributed by atoms with Gasteiger partial charge in [-0.3, -0.25) is 4.79 Å². The lowest BCUT2D eigenvalue weighted by molar-refractivity contribution is -0.130. The first-order chi connectivity index (χ1) is 8.13. The lowest BCUT2D eigenvalue weighted by Gasteiger charge is -2.24. The summed E-state index contributed by atoms with van der Waals surface area (Å²) < 4.78 is 0.